The maximum atomic E-state index is 5.80. The average molecular weight is 763 g/mol. The molecule has 0 unspecified atom stereocenters. The molecule has 0 amide bonds. The Bertz CT molecular complexity index is 1470. The first-order valence-electron chi connectivity index (χ1n) is 14.7. The van der Waals surface area contributed by atoms with E-state index in [4.69, 9.17) is 12.8 Å². The van der Waals surface area contributed by atoms with Crippen LogP contribution in [0.15, 0.2) is 182 Å². The summed E-state index contributed by atoms with van der Waals surface area (Å²) in [4.78, 5) is 0. The summed E-state index contributed by atoms with van der Waals surface area (Å²) in [5, 5.41) is 8.03. The fourth-order valence-electron chi connectivity index (χ4n) is 5.81. The van der Waals surface area contributed by atoms with Crippen molar-refractivity contribution in [1.29, 1.82) is 0 Å². The Morgan fingerprint density at radius 2 is 0.457 bits per heavy atom. The van der Waals surface area contributed by atoms with Crippen molar-refractivity contribution in [3.8, 4) is 24.7 Å². The molecule has 0 saturated carbocycles. The Balaban J connectivity index is 0.000000240. The molecule has 6 aromatic rings. The molecule has 0 nitrogen and oxygen atoms in total. The van der Waals surface area contributed by atoms with Crippen molar-refractivity contribution in [1.82, 2.24) is 0 Å². The van der Waals surface area contributed by atoms with E-state index >= 15 is 0 Å². The monoisotopic (exact) mass is 760 g/mol. The van der Waals surface area contributed by atoms with Crippen molar-refractivity contribution < 1.29 is 34.0 Å². The summed E-state index contributed by atoms with van der Waals surface area (Å²) >= 11 is 0. The predicted molar refractivity (Wildman–Crippen MR) is 198 cm³/mol. The number of terminal acetylenes is 2. The van der Waals surface area contributed by atoms with Crippen LogP contribution in [-0.4, -0.2) is 12.3 Å². The van der Waals surface area contributed by atoms with E-state index in [2.05, 4.69) is 194 Å². The van der Waals surface area contributed by atoms with Gasteiger partial charge in [-0.15, -0.1) is 12.8 Å². The third-order valence-corrected chi connectivity index (χ3v) is 16.2. The molecule has 6 rings (SSSR count). The van der Waals surface area contributed by atoms with Crippen LogP contribution in [-0.2, 0) is 0 Å². The van der Waals surface area contributed by atoms with Crippen molar-refractivity contribution >= 4 is 46.4 Å². The van der Waals surface area contributed by atoms with Gasteiger partial charge in [0.15, 0.2) is 0 Å². The molecule has 0 atom stereocenters. The maximum Gasteiger partial charge on any atom is 0.133 e. The van der Waals surface area contributed by atoms with Crippen molar-refractivity contribution in [2.45, 2.75) is 0 Å². The number of halogens is 2. The zero-order valence-electron chi connectivity index (χ0n) is 25.5. The lowest BCUT2D eigenvalue weighted by molar-refractivity contribution is -0.00100. The molecule has 0 radical (unpaired) electrons. The van der Waals surface area contributed by atoms with Crippen LogP contribution in [0, 0.1) is 24.7 Å². The summed E-state index contributed by atoms with van der Waals surface area (Å²) < 4.78 is 0. The van der Waals surface area contributed by atoms with Crippen molar-refractivity contribution in [3.05, 3.63) is 182 Å². The second-order valence-corrected chi connectivity index (χ2v) is 17.3. The molecule has 0 fully saturated rings. The van der Waals surface area contributed by atoms with E-state index in [0.29, 0.717) is 0 Å². The van der Waals surface area contributed by atoms with Gasteiger partial charge in [0.1, 0.15) is 58.7 Å². The lowest BCUT2D eigenvalue weighted by Crippen LogP contribution is -3.00. The highest BCUT2D eigenvalue weighted by Gasteiger charge is 2.45. The van der Waals surface area contributed by atoms with Crippen LogP contribution in [0.4, 0.5) is 0 Å². The van der Waals surface area contributed by atoms with E-state index in [9.17, 15) is 0 Å². The molecule has 6 aromatic carbocycles. The van der Waals surface area contributed by atoms with E-state index in [-0.39, 0.29) is 34.0 Å². The number of hydrogen-bond donors (Lipinski definition) is 0. The van der Waals surface area contributed by atoms with E-state index in [0.717, 1.165) is 12.3 Å². The normalized spacial score (nSPS) is 10.4. The van der Waals surface area contributed by atoms with E-state index < -0.39 is 14.5 Å². The Hall–Kier alpha value is -3.74. The molecular weight excluding hydrogens is 726 g/mol. The van der Waals surface area contributed by atoms with Crippen molar-refractivity contribution in [2.75, 3.05) is 12.3 Å². The van der Waals surface area contributed by atoms with Gasteiger partial charge in [-0.1, -0.05) is 121 Å². The molecule has 0 heterocycles. The average Bonchev–Trinajstić information content (AvgIpc) is 3.12. The topological polar surface area (TPSA) is 0 Å². The van der Waals surface area contributed by atoms with Gasteiger partial charge in [0, 0.05) is 0 Å². The number of hydrogen-bond acceptors (Lipinski definition) is 0. The first-order chi connectivity index (χ1) is 21.8. The van der Waals surface area contributed by atoms with Gasteiger partial charge < -0.3 is 34.0 Å². The molecule has 0 saturated heterocycles. The van der Waals surface area contributed by atoms with Gasteiger partial charge in [0.2, 0.25) is 0 Å². The molecule has 4 heteroatoms. The number of benzene rings is 6. The van der Waals surface area contributed by atoms with Crippen LogP contribution in [0.25, 0.3) is 0 Å². The summed E-state index contributed by atoms with van der Waals surface area (Å²) in [6.45, 7) is 0. The third-order valence-electron chi connectivity index (χ3n) is 7.84. The molecule has 0 aliphatic carbocycles. The summed E-state index contributed by atoms with van der Waals surface area (Å²) in [5.41, 5.74) is 0. The number of rotatable bonds is 8. The first-order valence-corrected chi connectivity index (χ1v) is 18.7. The van der Waals surface area contributed by atoms with Gasteiger partial charge in [-0.25, -0.2) is 0 Å². The van der Waals surface area contributed by atoms with Crippen molar-refractivity contribution in [3.63, 3.8) is 0 Å². The minimum Gasteiger partial charge on any atom is -1.00 e. The van der Waals surface area contributed by atoms with Gasteiger partial charge in [-0.3, -0.25) is 0 Å². The van der Waals surface area contributed by atoms with Gasteiger partial charge in [0.05, 0.1) is 0 Å². The van der Waals surface area contributed by atoms with Crippen LogP contribution in [0.1, 0.15) is 0 Å². The molecular formula is C42H36Br2P2. The SMILES string of the molecule is C#CC[P+](c1ccccc1)(c1ccccc1)c1ccccc1.C#CC[P+](c1ccccc1)(c1ccccc1)c1ccccc1.[Br-].[Br-]. The standard InChI is InChI=1S/2C21H18P.2BrH/c2*1-2-18-22(19-12-6-3-7-13-19,20-14-8-4-9-15-20)21-16-10-5-11-17-21;;/h2*1,3-17H,18H2;2*1H/q2*+1;;/p-2. The fraction of sp³-hybridized carbons (Fsp3) is 0.0476. The first kappa shape index (κ1) is 36.7. The van der Waals surface area contributed by atoms with E-state index in [1.54, 1.807) is 0 Å². The van der Waals surface area contributed by atoms with Crippen LogP contribution in [0.3, 0.4) is 0 Å². The summed E-state index contributed by atoms with van der Waals surface area (Å²) in [5.74, 6) is 5.91. The van der Waals surface area contributed by atoms with Crippen LogP contribution in [0.5, 0.6) is 0 Å². The Morgan fingerprint density at radius 3 is 0.587 bits per heavy atom. The van der Waals surface area contributed by atoms with Gasteiger partial charge in [0.25, 0.3) is 0 Å². The zero-order chi connectivity index (χ0) is 30.5. The Morgan fingerprint density at radius 1 is 0.304 bits per heavy atom. The molecule has 0 bridgehead atoms. The fourth-order valence-corrected chi connectivity index (χ4v) is 13.3. The second kappa shape index (κ2) is 18.4. The van der Waals surface area contributed by atoms with Crippen LogP contribution >= 0.6 is 14.5 Å². The summed E-state index contributed by atoms with van der Waals surface area (Å²) in [7, 11) is -3.58. The van der Waals surface area contributed by atoms with Gasteiger partial charge in [-0.05, 0) is 72.8 Å². The Kier molecular flexibility index (Phi) is 14.7. The second-order valence-electron chi connectivity index (χ2n) is 10.4. The summed E-state index contributed by atoms with van der Waals surface area (Å²) in [6, 6.07) is 64.2. The van der Waals surface area contributed by atoms with Crippen LogP contribution in [0.2, 0.25) is 0 Å². The molecule has 0 aromatic heterocycles. The highest BCUT2D eigenvalue weighted by atomic mass is 79.9. The van der Waals surface area contributed by atoms with E-state index in [1.807, 2.05) is 0 Å². The quantitative estimate of drug-likeness (QED) is 0.162. The molecule has 228 valence electrons. The van der Waals surface area contributed by atoms with Gasteiger partial charge >= 0.3 is 0 Å². The zero-order valence-corrected chi connectivity index (χ0v) is 30.5. The maximum absolute atomic E-state index is 5.80. The lowest BCUT2D eigenvalue weighted by atomic mass is 10.4. The largest absolute Gasteiger partial charge is 1.00 e. The molecule has 0 N–H and O–H groups in total. The smallest absolute Gasteiger partial charge is 0.133 e. The minimum absolute atomic E-state index is 0. The van der Waals surface area contributed by atoms with E-state index in [1.165, 1.54) is 31.8 Å². The molecule has 0 spiro atoms. The molecule has 46 heavy (non-hydrogen) atoms. The highest BCUT2D eigenvalue weighted by molar-refractivity contribution is 7.96. The predicted octanol–water partition coefficient (Wildman–Crippen LogP) is 1.24. The molecule has 0 aliphatic heterocycles. The molecule has 0 aliphatic rings. The Labute approximate surface area is 297 Å². The summed E-state index contributed by atoms with van der Waals surface area (Å²) in [6.07, 6.45) is 13.1. The lowest BCUT2D eigenvalue weighted by Gasteiger charge is -2.25. The van der Waals surface area contributed by atoms with Crippen LogP contribution < -0.4 is 65.8 Å². The minimum atomic E-state index is -1.79. The van der Waals surface area contributed by atoms with Crippen molar-refractivity contribution in [2.24, 2.45) is 0 Å². The third kappa shape index (κ3) is 7.97. The highest BCUT2D eigenvalue weighted by Crippen LogP contribution is 2.55. The van der Waals surface area contributed by atoms with Gasteiger partial charge in [-0.2, -0.15) is 0 Å².